The molecular formula is C15H14N2O. The van der Waals surface area contributed by atoms with Crippen LogP contribution in [0.1, 0.15) is 16.8 Å². The number of hydrogen-bond donors (Lipinski definition) is 0. The van der Waals surface area contributed by atoms with Gasteiger partial charge in [-0.2, -0.15) is 5.26 Å². The number of rotatable bonds is 5. The zero-order valence-corrected chi connectivity index (χ0v) is 10.0. The predicted molar refractivity (Wildman–Crippen MR) is 68.8 cm³/mol. The van der Waals surface area contributed by atoms with Crippen molar-refractivity contribution in [2.75, 3.05) is 6.61 Å². The molecule has 0 spiro atoms. The molecule has 0 saturated heterocycles. The Hall–Kier alpha value is -2.18. The molecule has 2 rings (SSSR count). The van der Waals surface area contributed by atoms with E-state index in [-0.39, 0.29) is 0 Å². The summed E-state index contributed by atoms with van der Waals surface area (Å²) >= 11 is 0. The number of pyridine rings is 1. The van der Waals surface area contributed by atoms with Crippen molar-refractivity contribution in [1.29, 1.82) is 5.26 Å². The molecule has 0 fully saturated rings. The van der Waals surface area contributed by atoms with Gasteiger partial charge < -0.3 is 4.74 Å². The van der Waals surface area contributed by atoms with E-state index in [1.807, 2.05) is 30.3 Å². The molecule has 0 atom stereocenters. The van der Waals surface area contributed by atoms with E-state index in [0.29, 0.717) is 18.8 Å². The lowest BCUT2D eigenvalue weighted by molar-refractivity contribution is 0.123. The van der Waals surface area contributed by atoms with Crippen molar-refractivity contribution in [3.63, 3.8) is 0 Å². The lowest BCUT2D eigenvalue weighted by atomic mass is 10.2. The largest absolute Gasteiger partial charge is 0.376 e. The molecule has 0 amide bonds. The van der Waals surface area contributed by atoms with Gasteiger partial charge in [0, 0.05) is 18.3 Å². The molecule has 0 saturated carbocycles. The number of benzene rings is 1. The van der Waals surface area contributed by atoms with Crippen LogP contribution in [-0.2, 0) is 17.8 Å². The third kappa shape index (κ3) is 3.69. The minimum Gasteiger partial charge on any atom is -0.376 e. The topological polar surface area (TPSA) is 45.9 Å². The van der Waals surface area contributed by atoms with Gasteiger partial charge in [0.1, 0.15) is 0 Å². The highest BCUT2D eigenvalue weighted by Crippen LogP contribution is 2.05. The summed E-state index contributed by atoms with van der Waals surface area (Å²) in [5, 5.41) is 8.68. The number of ether oxygens (including phenoxy) is 1. The van der Waals surface area contributed by atoms with Crippen LogP contribution >= 0.6 is 0 Å². The molecule has 3 heteroatoms. The standard InChI is InChI=1S/C15H14N2O/c16-11-13-4-6-14(7-5-13)12-18-10-8-15-3-1-2-9-17-15/h1-7,9H,8,10,12H2. The van der Waals surface area contributed by atoms with Crippen LogP contribution in [0.3, 0.4) is 0 Å². The summed E-state index contributed by atoms with van der Waals surface area (Å²) in [5.41, 5.74) is 2.79. The van der Waals surface area contributed by atoms with Gasteiger partial charge >= 0.3 is 0 Å². The maximum absolute atomic E-state index is 8.68. The van der Waals surface area contributed by atoms with Crippen LogP contribution in [0.15, 0.2) is 48.7 Å². The number of nitriles is 1. The molecule has 1 aromatic heterocycles. The Morgan fingerprint density at radius 2 is 1.94 bits per heavy atom. The first-order valence-corrected chi connectivity index (χ1v) is 5.85. The van der Waals surface area contributed by atoms with Crippen molar-refractivity contribution in [2.24, 2.45) is 0 Å². The Kier molecular flexibility index (Phi) is 4.46. The van der Waals surface area contributed by atoms with Crippen molar-refractivity contribution in [3.8, 4) is 6.07 Å². The van der Waals surface area contributed by atoms with Crippen molar-refractivity contribution in [1.82, 2.24) is 4.98 Å². The zero-order chi connectivity index (χ0) is 12.6. The molecule has 0 radical (unpaired) electrons. The van der Waals surface area contributed by atoms with Crippen molar-refractivity contribution in [3.05, 3.63) is 65.5 Å². The minimum atomic E-state index is 0.568. The van der Waals surface area contributed by atoms with Crippen LogP contribution in [0, 0.1) is 11.3 Å². The smallest absolute Gasteiger partial charge is 0.0991 e. The van der Waals surface area contributed by atoms with E-state index in [4.69, 9.17) is 10.00 Å². The molecule has 1 aromatic carbocycles. The first-order valence-electron chi connectivity index (χ1n) is 5.85. The molecule has 18 heavy (non-hydrogen) atoms. The van der Waals surface area contributed by atoms with E-state index in [1.165, 1.54) is 0 Å². The molecule has 90 valence electrons. The Balaban J connectivity index is 1.74. The fraction of sp³-hybridized carbons (Fsp3) is 0.200. The summed E-state index contributed by atoms with van der Waals surface area (Å²) in [6.07, 6.45) is 2.60. The fourth-order valence-electron chi connectivity index (χ4n) is 1.59. The Labute approximate surface area is 107 Å². The summed E-state index contributed by atoms with van der Waals surface area (Å²) in [6.45, 7) is 1.22. The van der Waals surface area contributed by atoms with Crippen LogP contribution < -0.4 is 0 Å². The maximum atomic E-state index is 8.68. The second kappa shape index (κ2) is 6.53. The van der Waals surface area contributed by atoms with Crippen LogP contribution in [0.25, 0.3) is 0 Å². The van der Waals surface area contributed by atoms with Crippen LogP contribution in [0.2, 0.25) is 0 Å². The van der Waals surface area contributed by atoms with Crippen LogP contribution in [-0.4, -0.2) is 11.6 Å². The van der Waals surface area contributed by atoms with E-state index >= 15 is 0 Å². The number of hydrogen-bond acceptors (Lipinski definition) is 3. The SMILES string of the molecule is N#Cc1ccc(COCCc2ccccn2)cc1. The number of nitrogens with zero attached hydrogens (tertiary/aromatic N) is 2. The van der Waals surface area contributed by atoms with Gasteiger partial charge in [-0.25, -0.2) is 0 Å². The van der Waals surface area contributed by atoms with E-state index in [1.54, 1.807) is 18.3 Å². The summed E-state index contributed by atoms with van der Waals surface area (Å²) in [4.78, 5) is 4.23. The first kappa shape index (κ1) is 12.3. The molecule has 0 aliphatic rings. The van der Waals surface area contributed by atoms with E-state index in [2.05, 4.69) is 11.1 Å². The summed E-state index contributed by atoms with van der Waals surface area (Å²) < 4.78 is 5.57. The molecular weight excluding hydrogens is 224 g/mol. The second-order valence-corrected chi connectivity index (χ2v) is 3.93. The quantitative estimate of drug-likeness (QED) is 0.752. The predicted octanol–water partition coefficient (Wildman–Crippen LogP) is 2.71. The molecule has 0 aliphatic carbocycles. The molecule has 0 aliphatic heterocycles. The minimum absolute atomic E-state index is 0.568. The Morgan fingerprint density at radius 3 is 2.61 bits per heavy atom. The van der Waals surface area contributed by atoms with Crippen LogP contribution in [0.4, 0.5) is 0 Å². The van der Waals surface area contributed by atoms with Crippen molar-refractivity contribution >= 4 is 0 Å². The van der Waals surface area contributed by atoms with Gasteiger partial charge in [-0.15, -0.1) is 0 Å². The Bertz CT molecular complexity index is 514. The highest BCUT2D eigenvalue weighted by Gasteiger charge is 1.96. The van der Waals surface area contributed by atoms with Gasteiger partial charge in [-0.3, -0.25) is 4.98 Å². The van der Waals surface area contributed by atoms with Gasteiger partial charge in [0.05, 0.1) is 24.8 Å². The number of aromatic nitrogens is 1. The van der Waals surface area contributed by atoms with E-state index in [0.717, 1.165) is 17.7 Å². The summed E-state index contributed by atoms with van der Waals surface area (Å²) in [6, 6.07) is 15.4. The van der Waals surface area contributed by atoms with Gasteiger partial charge in [0.25, 0.3) is 0 Å². The molecule has 1 heterocycles. The Morgan fingerprint density at radius 1 is 1.11 bits per heavy atom. The monoisotopic (exact) mass is 238 g/mol. The highest BCUT2D eigenvalue weighted by atomic mass is 16.5. The van der Waals surface area contributed by atoms with Crippen molar-refractivity contribution in [2.45, 2.75) is 13.0 Å². The first-order chi connectivity index (χ1) is 8.88. The van der Waals surface area contributed by atoms with Crippen LogP contribution in [0.5, 0.6) is 0 Å². The highest BCUT2D eigenvalue weighted by molar-refractivity contribution is 5.31. The normalized spacial score (nSPS) is 9.94. The maximum Gasteiger partial charge on any atom is 0.0991 e. The third-order valence-electron chi connectivity index (χ3n) is 2.58. The summed E-state index contributed by atoms with van der Waals surface area (Å²) in [7, 11) is 0. The molecule has 0 bridgehead atoms. The zero-order valence-electron chi connectivity index (χ0n) is 10.0. The molecule has 3 nitrogen and oxygen atoms in total. The second-order valence-electron chi connectivity index (χ2n) is 3.93. The van der Waals surface area contributed by atoms with Gasteiger partial charge in [0.15, 0.2) is 0 Å². The van der Waals surface area contributed by atoms with E-state index in [9.17, 15) is 0 Å². The third-order valence-corrected chi connectivity index (χ3v) is 2.58. The lowest BCUT2D eigenvalue weighted by Gasteiger charge is -2.04. The molecule has 0 unspecified atom stereocenters. The summed E-state index contributed by atoms with van der Waals surface area (Å²) in [5.74, 6) is 0. The average molecular weight is 238 g/mol. The molecule has 2 aromatic rings. The van der Waals surface area contributed by atoms with E-state index < -0.39 is 0 Å². The fourth-order valence-corrected chi connectivity index (χ4v) is 1.59. The lowest BCUT2D eigenvalue weighted by Crippen LogP contribution is -2.00. The molecule has 0 N–H and O–H groups in total. The van der Waals surface area contributed by atoms with Crippen molar-refractivity contribution < 1.29 is 4.74 Å². The van der Waals surface area contributed by atoms with Gasteiger partial charge in [-0.1, -0.05) is 18.2 Å². The van der Waals surface area contributed by atoms with Gasteiger partial charge in [-0.05, 0) is 29.8 Å². The van der Waals surface area contributed by atoms with Gasteiger partial charge in [0.2, 0.25) is 0 Å². The average Bonchev–Trinajstić information content (AvgIpc) is 2.45.